The fourth-order valence-corrected chi connectivity index (χ4v) is 0.980. The third-order valence-electron chi connectivity index (χ3n) is 1.85. The first-order valence-electron chi connectivity index (χ1n) is 4.38. The summed E-state index contributed by atoms with van der Waals surface area (Å²) in [7, 11) is 0. The fourth-order valence-electron chi connectivity index (χ4n) is 0.980. The van der Waals surface area contributed by atoms with Crippen molar-refractivity contribution in [2.75, 3.05) is 6.54 Å². The van der Waals surface area contributed by atoms with Crippen molar-refractivity contribution in [1.82, 2.24) is 10.3 Å². The lowest BCUT2D eigenvalue weighted by Crippen LogP contribution is -2.37. The molecule has 0 radical (unpaired) electrons. The van der Waals surface area contributed by atoms with E-state index in [-0.39, 0.29) is 17.4 Å². The van der Waals surface area contributed by atoms with Gasteiger partial charge in [-0.3, -0.25) is 14.9 Å². The van der Waals surface area contributed by atoms with E-state index in [1.165, 1.54) is 12.3 Å². The molecule has 1 heterocycles. The Balaban J connectivity index is 2.70. The number of carbonyl (C=O) groups excluding carboxylic acids is 1. The van der Waals surface area contributed by atoms with Crippen molar-refractivity contribution < 1.29 is 9.72 Å². The Morgan fingerprint density at radius 1 is 1.80 bits per heavy atom. The van der Waals surface area contributed by atoms with Crippen molar-refractivity contribution in [2.45, 2.75) is 13.0 Å². The molecule has 0 aliphatic heterocycles. The van der Waals surface area contributed by atoms with Gasteiger partial charge in [0.15, 0.2) is 0 Å². The van der Waals surface area contributed by atoms with Gasteiger partial charge in [-0.2, -0.15) is 0 Å². The van der Waals surface area contributed by atoms with Crippen LogP contribution in [0.15, 0.2) is 12.3 Å². The first-order chi connectivity index (χ1) is 7.04. The van der Waals surface area contributed by atoms with Crippen LogP contribution < -0.4 is 11.1 Å². The van der Waals surface area contributed by atoms with Crippen LogP contribution in [0.4, 0.5) is 5.69 Å². The number of nitrogens with two attached hydrogens (primary N) is 1. The molecular weight excluding hydrogens is 200 g/mol. The maximum atomic E-state index is 11.4. The van der Waals surface area contributed by atoms with Gasteiger partial charge < -0.3 is 16.0 Å². The van der Waals surface area contributed by atoms with Crippen LogP contribution in [-0.2, 0) is 0 Å². The predicted octanol–water partition coefficient (Wildman–Crippen LogP) is -0.000100. The number of rotatable bonds is 4. The largest absolute Gasteiger partial charge is 0.351 e. The third-order valence-corrected chi connectivity index (χ3v) is 1.85. The van der Waals surface area contributed by atoms with E-state index in [1.807, 2.05) is 0 Å². The number of aromatic amines is 1. The molecule has 0 spiro atoms. The summed E-state index contributed by atoms with van der Waals surface area (Å²) in [4.78, 5) is 23.7. The first kappa shape index (κ1) is 11.2. The molecular formula is C8H12N4O3. The maximum absolute atomic E-state index is 11.4. The van der Waals surface area contributed by atoms with Gasteiger partial charge in [-0.1, -0.05) is 0 Å². The minimum Gasteiger partial charge on any atom is -0.351 e. The molecule has 0 bridgehead atoms. The lowest BCUT2D eigenvalue weighted by molar-refractivity contribution is -0.384. The highest BCUT2D eigenvalue weighted by Crippen LogP contribution is 2.11. The van der Waals surface area contributed by atoms with Gasteiger partial charge in [0.25, 0.3) is 11.6 Å². The number of nitrogens with zero attached hydrogens (tertiary/aromatic N) is 1. The predicted molar refractivity (Wildman–Crippen MR) is 53.4 cm³/mol. The zero-order chi connectivity index (χ0) is 11.4. The molecule has 7 nitrogen and oxygen atoms in total. The summed E-state index contributed by atoms with van der Waals surface area (Å²) in [6, 6.07) is 1.01. The molecule has 0 saturated heterocycles. The number of hydrogen-bond acceptors (Lipinski definition) is 4. The Morgan fingerprint density at radius 3 is 2.93 bits per heavy atom. The van der Waals surface area contributed by atoms with Crippen LogP contribution in [0.2, 0.25) is 0 Å². The molecule has 0 aliphatic carbocycles. The van der Waals surface area contributed by atoms with E-state index in [2.05, 4.69) is 10.3 Å². The van der Waals surface area contributed by atoms with Crippen LogP contribution in [0.1, 0.15) is 17.4 Å². The van der Waals surface area contributed by atoms with Gasteiger partial charge in [0.05, 0.1) is 11.1 Å². The van der Waals surface area contributed by atoms with Crippen LogP contribution in [0, 0.1) is 10.1 Å². The van der Waals surface area contributed by atoms with Crippen LogP contribution >= 0.6 is 0 Å². The van der Waals surface area contributed by atoms with Crippen molar-refractivity contribution in [3.05, 3.63) is 28.1 Å². The summed E-state index contributed by atoms with van der Waals surface area (Å²) in [6.07, 6.45) is 1.17. The molecule has 1 aromatic rings. The second kappa shape index (κ2) is 4.56. The second-order valence-electron chi connectivity index (χ2n) is 3.14. The van der Waals surface area contributed by atoms with Gasteiger partial charge in [-0.25, -0.2) is 0 Å². The van der Waals surface area contributed by atoms with E-state index in [4.69, 9.17) is 5.73 Å². The van der Waals surface area contributed by atoms with Crippen molar-refractivity contribution >= 4 is 11.6 Å². The summed E-state index contributed by atoms with van der Waals surface area (Å²) in [6.45, 7) is 2.06. The minimum atomic E-state index is -0.570. The zero-order valence-electron chi connectivity index (χ0n) is 8.19. The lowest BCUT2D eigenvalue weighted by atomic mass is 10.3. The van der Waals surface area contributed by atoms with Crippen molar-refractivity contribution in [1.29, 1.82) is 0 Å². The van der Waals surface area contributed by atoms with Gasteiger partial charge in [-0.15, -0.1) is 0 Å². The molecule has 0 saturated carbocycles. The highest BCUT2D eigenvalue weighted by molar-refractivity contribution is 5.93. The van der Waals surface area contributed by atoms with E-state index >= 15 is 0 Å². The van der Waals surface area contributed by atoms with Crippen LogP contribution in [0.25, 0.3) is 0 Å². The van der Waals surface area contributed by atoms with Crippen molar-refractivity contribution in [3.63, 3.8) is 0 Å². The first-order valence-corrected chi connectivity index (χ1v) is 4.38. The molecule has 1 rings (SSSR count). The van der Waals surface area contributed by atoms with E-state index in [0.29, 0.717) is 6.54 Å². The van der Waals surface area contributed by atoms with Crippen LogP contribution in [-0.4, -0.2) is 28.4 Å². The lowest BCUT2D eigenvalue weighted by Gasteiger charge is -2.09. The Labute approximate surface area is 85.8 Å². The fraction of sp³-hybridized carbons (Fsp3) is 0.375. The average Bonchev–Trinajstić information content (AvgIpc) is 2.66. The van der Waals surface area contributed by atoms with Crippen LogP contribution in [0.5, 0.6) is 0 Å². The molecule has 7 heteroatoms. The molecule has 1 amide bonds. The van der Waals surface area contributed by atoms with E-state index < -0.39 is 10.8 Å². The highest BCUT2D eigenvalue weighted by Gasteiger charge is 2.15. The molecule has 1 atom stereocenters. The topological polar surface area (TPSA) is 114 Å². The Morgan fingerprint density at radius 2 is 2.47 bits per heavy atom. The molecule has 0 aliphatic rings. The minimum absolute atomic E-state index is 0.138. The number of aromatic nitrogens is 1. The third kappa shape index (κ3) is 2.78. The van der Waals surface area contributed by atoms with Crippen molar-refractivity contribution in [2.24, 2.45) is 5.73 Å². The van der Waals surface area contributed by atoms with E-state index in [0.717, 1.165) is 0 Å². The van der Waals surface area contributed by atoms with Crippen LogP contribution in [0.3, 0.4) is 0 Å². The Hall–Kier alpha value is -1.89. The molecule has 0 fully saturated rings. The number of amides is 1. The number of nitro groups is 1. The number of nitrogens with one attached hydrogen (secondary N) is 2. The summed E-state index contributed by atoms with van der Waals surface area (Å²) in [5.74, 6) is -0.402. The molecule has 1 aromatic heterocycles. The molecule has 0 unspecified atom stereocenters. The quantitative estimate of drug-likeness (QED) is 0.481. The van der Waals surface area contributed by atoms with Gasteiger partial charge in [0.1, 0.15) is 5.69 Å². The average molecular weight is 212 g/mol. The Bertz CT molecular complexity index is 374. The van der Waals surface area contributed by atoms with Gasteiger partial charge in [-0.05, 0) is 6.92 Å². The summed E-state index contributed by atoms with van der Waals surface area (Å²) in [5.41, 5.74) is 5.33. The highest BCUT2D eigenvalue weighted by atomic mass is 16.6. The normalized spacial score (nSPS) is 12.1. The Kier molecular flexibility index (Phi) is 3.40. The van der Waals surface area contributed by atoms with Gasteiger partial charge in [0, 0.05) is 18.7 Å². The molecule has 82 valence electrons. The maximum Gasteiger partial charge on any atom is 0.287 e. The van der Waals surface area contributed by atoms with Crippen molar-refractivity contribution in [3.8, 4) is 0 Å². The number of H-pyrrole nitrogens is 1. The zero-order valence-corrected chi connectivity index (χ0v) is 8.19. The smallest absolute Gasteiger partial charge is 0.287 e. The summed E-state index contributed by atoms with van der Waals surface area (Å²) in [5, 5.41) is 12.9. The van der Waals surface area contributed by atoms with Gasteiger partial charge >= 0.3 is 0 Å². The second-order valence-corrected chi connectivity index (χ2v) is 3.14. The van der Waals surface area contributed by atoms with Gasteiger partial charge in [0.2, 0.25) is 0 Å². The summed E-state index contributed by atoms with van der Waals surface area (Å²) < 4.78 is 0. The molecule has 4 N–H and O–H groups in total. The standard InChI is InChI=1S/C8H12N4O3/c1-5(3-9)11-8(13)7-2-6(4-10-7)12(14)15/h2,4-5,10H,3,9H2,1H3,(H,11,13)/t5-/m0/s1. The monoisotopic (exact) mass is 212 g/mol. The number of carbonyl (C=O) groups is 1. The SMILES string of the molecule is C[C@@H](CN)NC(=O)c1cc([N+](=O)[O-])c[nH]1. The van der Waals surface area contributed by atoms with E-state index in [9.17, 15) is 14.9 Å². The molecule has 0 aromatic carbocycles. The molecule has 15 heavy (non-hydrogen) atoms. The van der Waals surface area contributed by atoms with E-state index in [1.54, 1.807) is 6.92 Å². The number of hydrogen-bond donors (Lipinski definition) is 3. The summed E-state index contributed by atoms with van der Waals surface area (Å²) >= 11 is 0.